The van der Waals surface area contributed by atoms with Crippen molar-refractivity contribution in [2.75, 3.05) is 39.3 Å². The second-order valence-corrected chi connectivity index (χ2v) is 5.25. The van der Waals surface area contributed by atoms with Crippen LogP contribution in [0.15, 0.2) is 16.5 Å². The number of hydrogen-bond acceptors (Lipinski definition) is 4. The molecule has 0 atom stereocenters. The fourth-order valence-corrected chi connectivity index (χ4v) is 2.55. The summed E-state index contributed by atoms with van der Waals surface area (Å²) in [4.78, 5) is 16.7. The lowest BCUT2D eigenvalue weighted by atomic mass is 10.3. The predicted molar refractivity (Wildman–Crippen MR) is 78.7 cm³/mol. The van der Waals surface area contributed by atoms with E-state index in [0.29, 0.717) is 5.76 Å². The van der Waals surface area contributed by atoms with Crippen LogP contribution in [0, 0.1) is 0 Å². The highest BCUT2D eigenvalue weighted by Gasteiger charge is 2.22. The monoisotopic (exact) mass is 279 g/mol. The zero-order chi connectivity index (χ0) is 14.4. The summed E-state index contributed by atoms with van der Waals surface area (Å²) in [6.07, 6.45) is 2.85. The zero-order valence-electron chi connectivity index (χ0n) is 12.3. The molecule has 0 radical (unpaired) electrons. The van der Waals surface area contributed by atoms with Crippen LogP contribution in [0.4, 0.5) is 0 Å². The van der Waals surface area contributed by atoms with E-state index in [4.69, 9.17) is 10.2 Å². The van der Waals surface area contributed by atoms with Gasteiger partial charge in [-0.1, -0.05) is 6.92 Å². The Morgan fingerprint density at radius 3 is 2.85 bits per heavy atom. The maximum absolute atomic E-state index is 12.4. The van der Waals surface area contributed by atoms with Gasteiger partial charge in [0.15, 0.2) is 5.76 Å². The number of furan rings is 1. The molecule has 2 N–H and O–H groups in total. The van der Waals surface area contributed by atoms with Crippen molar-refractivity contribution in [1.29, 1.82) is 0 Å². The molecule has 1 saturated heterocycles. The first-order chi connectivity index (χ1) is 9.74. The highest BCUT2D eigenvalue weighted by molar-refractivity contribution is 5.91. The molecule has 2 heterocycles. The molecule has 1 fully saturated rings. The van der Waals surface area contributed by atoms with Gasteiger partial charge in [0.25, 0.3) is 5.91 Å². The van der Waals surface area contributed by atoms with Crippen molar-refractivity contribution in [3.05, 3.63) is 23.7 Å². The van der Waals surface area contributed by atoms with Gasteiger partial charge in [-0.2, -0.15) is 0 Å². The van der Waals surface area contributed by atoms with Gasteiger partial charge in [-0.15, -0.1) is 0 Å². The topological polar surface area (TPSA) is 62.7 Å². The summed E-state index contributed by atoms with van der Waals surface area (Å²) in [5, 5.41) is 0. The van der Waals surface area contributed by atoms with E-state index in [1.807, 2.05) is 17.9 Å². The van der Waals surface area contributed by atoms with Crippen molar-refractivity contribution >= 4 is 5.91 Å². The maximum atomic E-state index is 12.4. The van der Waals surface area contributed by atoms with Crippen LogP contribution in [0.25, 0.3) is 0 Å². The molecular formula is C15H25N3O2. The third kappa shape index (κ3) is 3.84. The summed E-state index contributed by atoms with van der Waals surface area (Å²) in [5.74, 6) is 1.36. The van der Waals surface area contributed by atoms with Crippen LogP contribution >= 0.6 is 0 Å². The van der Waals surface area contributed by atoms with Crippen molar-refractivity contribution in [2.45, 2.75) is 26.2 Å². The number of carbonyl (C=O) groups excluding carboxylic acids is 1. The molecule has 0 spiro atoms. The quantitative estimate of drug-likeness (QED) is 0.883. The summed E-state index contributed by atoms with van der Waals surface area (Å²) in [5.41, 5.74) is 5.55. The van der Waals surface area contributed by atoms with Crippen molar-refractivity contribution in [3.63, 3.8) is 0 Å². The second kappa shape index (κ2) is 7.45. The zero-order valence-corrected chi connectivity index (χ0v) is 12.3. The lowest BCUT2D eigenvalue weighted by molar-refractivity contribution is 0.0727. The minimum absolute atomic E-state index is 0.0189. The van der Waals surface area contributed by atoms with E-state index in [1.54, 1.807) is 6.07 Å². The van der Waals surface area contributed by atoms with Gasteiger partial charge in [0.1, 0.15) is 5.76 Å². The SMILES string of the molecule is CCc1ccc(C(=O)N2CCCN(CCCN)CC2)o1. The van der Waals surface area contributed by atoms with E-state index in [9.17, 15) is 4.79 Å². The molecule has 20 heavy (non-hydrogen) atoms. The van der Waals surface area contributed by atoms with Crippen LogP contribution in [-0.2, 0) is 6.42 Å². The first-order valence-corrected chi connectivity index (χ1v) is 7.55. The number of hydrogen-bond donors (Lipinski definition) is 1. The molecular weight excluding hydrogens is 254 g/mol. The van der Waals surface area contributed by atoms with Crippen LogP contribution in [0.5, 0.6) is 0 Å². The first-order valence-electron chi connectivity index (χ1n) is 7.55. The van der Waals surface area contributed by atoms with E-state index < -0.39 is 0 Å². The fraction of sp³-hybridized carbons (Fsp3) is 0.667. The molecule has 1 aliphatic rings. The number of carbonyl (C=O) groups is 1. The summed E-state index contributed by atoms with van der Waals surface area (Å²) in [6, 6.07) is 3.68. The molecule has 5 heteroatoms. The van der Waals surface area contributed by atoms with E-state index >= 15 is 0 Å². The van der Waals surface area contributed by atoms with Gasteiger partial charge in [-0.05, 0) is 44.6 Å². The second-order valence-electron chi connectivity index (χ2n) is 5.25. The molecule has 0 unspecified atom stereocenters. The Bertz CT molecular complexity index is 431. The maximum Gasteiger partial charge on any atom is 0.289 e. The Kier molecular flexibility index (Phi) is 5.61. The first kappa shape index (κ1) is 15.1. The van der Waals surface area contributed by atoms with Gasteiger partial charge in [0.2, 0.25) is 0 Å². The van der Waals surface area contributed by atoms with Crippen molar-refractivity contribution in [2.24, 2.45) is 5.73 Å². The highest BCUT2D eigenvalue weighted by Crippen LogP contribution is 2.13. The smallest absolute Gasteiger partial charge is 0.289 e. The van der Waals surface area contributed by atoms with Gasteiger partial charge < -0.3 is 20.0 Å². The van der Waals surface area contributed by atoms with E-state index in [0.717, 1.165) is 64.3 Å². The normalized spacial score (nSPS) is 17.2. The standard InChI is InChI=1S/C15H25N3O2/c1-2-13-5-6-14(20-13)15(19)18-10-4-9-17(11-12-18)8-3-7-16/h5-6H,2-4,7-12,16H2,1H3. The summed E-state index contributed by atoms with van der Waals surface area (Å²) in [6.45, 7) is 7.32. The summed E-state index contributed by atoms with van der Waals surface area (Å²) < 4.78 is 5.56. The van der Waals surface area contributed by atoms with Gasteiger partial charge in [0, 0.05) is 26.1 Å². The van der Waals surface area contributed by atoms with E-state index in [1.165, 1.54) is 0 Å². The summed E-state index contributed by atoms with van der Waals surface area (Å²) >= 11 is 0. The average molecular weight is 279 g/mol. The molecule has 2 rings (SSSR count). The lowest BCUT2D eigenvalue weighted by Crippen LogP contribution is -2.35. The Morgan fingerprint density at radius 1 is 1.30 bits per heavy atom. The number of amides is 1. The predicted octanol–water partition coefficient (Wildman–Crippen LogP) is 1.34. The van der Waals surface area contributed by atoms with Crippen molar-refractivity contribution in [3.8, 4) is 0 Å². The Hall–Kier alpha value is -1.33. The molecule has 1 amide bonds. The molecule has 0 aliphatic carbocycles. The number of rotatable bonds is 5. The van der Waals surface area contributed by atoms with Crippen LogP contribution < -0.4 is 5.73 Å². The van der Waals surface area contributed by atoms with Gasteiger partial charge >= 0.3 is 0 Å². The minimum atomic E-state index is 0.0189. The molecule has 1 aliphatic heterocycles. The highest BCUT2D eigenvalue weighted by atomic mass is 16.4. The van der Waals surface area contributed by atoms with Gasteiger partial charge in [-0.3, -0.25) is 4.79 Å². The number of nitrogens with two attached hydrogens (primary N) is 1. The largest absolute Gasteiger partial charge is 0.456 e. The Balaban J connectivity index is 1.90. The van der Waals surface area contributed by atoms with Gasteiger partial charge in [0.05, 0.1) is 0 Å². The van der Waals surface area contributed by atoms with Crippen LogP contribution in [-0.4, -0.2) is 55.0 Å². The van der Waals surface area contributed by atoms with Crippen LogP contribution in [0.3, 0.4) is 0 Å². The lowest BCUT2D eigenvalue weighted by Gasteiger charge is -2.21. The van der Waals surface area contributed by atoms with Crippen molar-refractivity contribution in [1.82, 2.24) is 9.80 Å². The third-order valence-corrected chi connectivity index (χ3v) is 3.78. The molecule has 0 saturated carbocycles. The molecule has 112 valence electrons. The fourth-order valence-electron chi connectivity index (χ4n) is 2.55. The van der Waals surface area contributed by atoms with E-state index in [2.05, 4.69) is 4.90 Å². The van der Waals surface area contributed by atoms with Crippen LogP contribution in [0.1, 0.15) is 36.1 Å². The van der Waals surface area contributed by atoms with E-state index in [-0.39, 0.29) is 5.91 Å². The molecule has 0 bridgehead atoms. The van der Waals surface area contributed by atoms with Gasteiger partial charge in [-0.25, -0.2) is 0 Å². The van der Waals surface area contributed by atoms with Crippen molar-refractivity contribution < 1.29 is 9.21 Å². The molecule has 5 nitrogen and oxygen atoms in total. The third-order valence-electron chi connectivity index (χ3n) is 3.78. The average Bonchev–Trinajstić information content (AvgIpc) is 2.83. The Morgan fingerprint density at radius 2 is 2.15 bits per heavy atom. The Labute approximate surface area is 120 Å². The van der Waals surface area contributed by atoms with Crippen LogP contribution in [0.2, 0.25) is 0 Å². The summed E-state index contributed by atoms with van der Waals surface area (Å²) in [7, 11) is 0. The number of aryl methyl sites for hydroxylation is 1. The number of nitrogens with zero attached hydrogens (tertiary/aromatic N) is 2. The molecule has 1 aromatic rings. The molecule has 1 aromatic heterocycles. The molecule has 0 aromatic carbocycles. The minimum Gasteiger partial charge on any atom is -0.456 e.